The van der Waals surface area contributed by atoms with E-state index in [0.29, 0.717) is 22.6 Å². The SMILES string of the molecule is COc1cc2c(C(=O)Oc3cccc(F)c3)cn(-c3ccc(C)cc3)c(=O)c2cc1OC. The molecule has 0 atom stereocenters. The molecule has 162 valence electrons. The summed E-state index contributed by atoms with van der Waals surface area (Å²) in [5.41, 5.74) is 1.38. The van der Waals surface area contributed by atoms with E-state index in [-0.39, 0.29) is 22.3 Å². The zero-order valence-electron chi connectivity index (χ0n) is 17.7. The van der Waals surface area contributed by atoms with E-state index in [9.17, 15) is 14.0 Å². The van der Waals surface area contributed by atoms with Gasteiger partial charge < -0.3 is 14.2 Å². The molecule has 0 aliphatic rings. The maximum Gasteiger partial charge on any atom is 0.345 e. The highest BCUT2D eigenvalue weighted by atomic mass is 19.1. The quantitative estimate of drug-likeness (QED) is 0.338. The van der Waals surface area contributed by atoms with Crippen LogP contribution in [0.5, 0.6) is 17.2 Å². The second-order valence-electron chi connectivity index (χ2n) is 7.15. The number of fused-ring (bicyclic) bond motifs is 1. The summed E-state index contributed by atoms with van der Waals surface area (Å²) in [5.74, 6) is -0.517. The average molecular weight is 433 g/mol. The molecule has 0 spiro atoms. The molecule has 32 heavy (non-hydrogen) atoms. The standard InChI is InChI=1S/C25H20FNO5/c1-15-7-9-17(10-8-15)27-14-21(25(29)32-18-6-4-5-16(26)11-18)19-12-22(30-2)23(31-3)13-20(19)24(27)28/h4-14H,1-3H3. The van der Waals surface area contributed by atoms with Gasteiger partial charge in [0.05, 0.1) is 25.2 Å². The fourth-order valence-corrected chi connectivity index (χ4v) is 3.42. The molecule has 0 aliphatic heterocycles. The fourth-order valence-electron chi connectivity index (χ4n) is 3.42. The number of aryl methyl sites for hydroxylation is 1. The van der Waals surface area contributed by atoms with Gasteiger partial charge in [0, 0.05) is 23.3 Å². The van der Waals surface area contributed by atoms with Gasteiger partial charge in [-0.05, 0) is 43.3 Å². The zero-order valence-corrected chi connectivity index (χ0v) is 17.7. The number of hydrogen-bond acceptors (Lipinski definition) is 5. The largest absolute Gasteiger partial charge is 0.493 e. The highest BCUT2D eigenvalue weighted by molar-refractivity contribution is 6.05. The smallest absolute Gasteiger partial charge is 0.345 e. The number of nitrogens with zero attached hydrogens (tertiary/aromatic N) is 1. The van der Waals surface area contributed by atoms with Gasteiger partial charge in [-0.15, -0.1) is 0 Å². The number of carbonyl (C=O) groups is 1. The lowest BCUT2D eigenvalue weighted by Gasteiger charge is -2.15. The predicted molar refractivity (Wildman–Crippen MR) is 119 cm³/mol. The molecule has 0 unspecified atom stereocenters. The fraction of sp³-hybridized carbons (Fsp3) is 0.120. The number of rotatable bonds is 5. The van der Waals surface area contributed by atoms with Crippen LogP contribution in [0.2, 0.25) is 0 Å². The summed E-state index contributed by atoms with van der Waals surface area (Å²) in [4.78, 5) is 26.4. The van der Waals surface area contributed by atoms with Crippen molar-refractivity contribution in [3.8, 4) is 22.9 Å². The Morgan fingerprint density at radius 1 is 0.906 bits per heavy atom. The first kappa shape index (κ1) is 21.1. The van der Waals surface area contributed by atoms with E-state index < -0.39 is 11.8 Å². The first-order valence-electron chi connectivity index (χ1n) is 9.77. The topological polar surface area (TPSA) is 66.8 Å². The minimum absolute atomic E-state index is 0.0525. The van der Waals surface area contributed by atoms with E-state index >= 15 is 0 Å². The molecule has 3 aromatic carbocycles. The summed E-state index contributed by atoms with van der Waals surface area (Å²) in [6, 6.07) is 15.7. The maximum absolute atomic E-state index is 13.6. The highest BCUT2D eigenvalue weighted by Gasteiger charge is 2.20. The van der Waals surface area contributed by atoms with Crippen LogP contribution in [-0.2, 0) is 0 Å². The molecule has 0 aliphatic carbocycles. The molecule has 0 bridgehead atoms. The number of ether oxygens (including phenoxy) is 3. The predicted octanol–water partition coefficient (Wildman–Crippen LogP) is 4.67. The summed E-state index contributed by atoms with van der Waals surface area (Å²) >= 11 is 0. The number of carbonyl (C=O) groups excluding carboxylic acids is 1. The van der Waals surface area contributed by atoms with Gasteiger partial charge in [0.25, 0.3) is 5.56 Å². The van der Waals surface area contributed by atoms with Gasteiger partial charge in [-0.25, -0.2) is 9.18 Å². The zero-order chi connectivity index (χ0) is 22.8. The number of benzene rings is 3. The Kier molecular flexibility index (Phi) is 5.64. The van der Waals surface area contributed by atoms with E-state index in [4.69, 9.17) is 14.2 Å². The van der Waals surface area contributed by atoms with Crippen LogP contribution in [0.4, 0.5) is 4.39 Å². The molecular formula is C25H20FNO5. The van der Waals surface area contributed by atoms with E-state index in [1.54, 1.807) is 18.2 Å². The summed E-state index contributed by atoms with van der Waals surface area (Å²) in [7, 11) is 2.92. The van der Waals surface area contributed by atoms with Gasteiger partial charge in [-0.3, -0.25) is 9.36 Å². The number of hydrogen-bond donors (Lipinski definition) is 0. The van der Waals surface area contributed by atoms with E-state index in [1.807, 2.05) is 19.1 Å². The van der Waals surface area contributed by atoms with Gasteiger partial charge in [0.15, 0.2) is 11.5 Å². The minimum atomic E-state index is -0.742. The first-order valence-corrected chi connectivity index (χ1v) is 9.77. The van der Waals surface area contributed by atoms with E-state index in [2.05, 4.69) is 0 Å². The lowest BCUT2D eigenvalue weighted by atomic mass is 10.1. The van der Waals surface area contributed by atoms with Gasteiger partial charge in [-0.1, -0.05) is 23.8 Å². The molecule has 0 saturated heterocycles. The third-order valence-corrected chi connectivity index (χ3v) is 5.06. The van der Waals surface area contributed by atoms with Crippen LogP contribution in [0.25, 0.3) is 16.5 Å². The molecule has 1 aromatic heterocycles. The average Bonchev–Trinajstić information content (AvgIpc) is 2.79. The maximum atomic E-state index is 13.6. The number of halogens is 1. The normalized spacial score (nSPS) is 10.8. The number of pyridine rings is 1. The summed E-state index contributed by atoms with van der Waals surface area (Å²) < 4.78 is 31.0. The van der Waals surface area contributed by atoms with Gasteiger partial charge in [0.1, 0.15) is 11.6 Å². The second-order valence-corrected chi connectivity index (χ2v) is 7.15. The molecule has 0 radical (unpaired) electrons. The lowest BCUT2D eigenvalue weighted by Crippen LogP contribution is -2.22. The summed E-state index contributed by atoms with van der Waals surface area (Å²) in [6.45, 7) is 1.94. The Labute approximate surface area is 183 Å². The number of aromatic nitrogens is 1. The van der Waals surface area contributed by atoms with Crippen LogP contribution in [0.3, 0.4) is 0 Å². The van der Waals surface area contributed by atoms with Crippen molar-refractivity contribution in [1.29, 1.82) is 0 Å². The van der Waals surface area contributed by atoms with Crippen molar-refractivity contribution in [3.05, 3.63) is 94.2 Å². The molecule has 4 aromatic rings. The molecule has 7 heteroatoms. The molecule has 0 amide bonds. The van der Waals surface area contributed by atoms with Crippen molar-refractivity contribution in [2.24, 2.45) is 0 Å². The molecule has 0 N–H and O–H groups in total. The third kappa shape index (κ3) is 3.92. The van der Waals surface area contributed by atoms with Crippen molar-refractivity contribution in [2.45, 2.75) is 6.92 Å². The number of methoxy groups -OCH3 is 2. The molecule has 0 saturated carbocycles. The van der Waals surface area contributed by atoms with Crippen LogP contribution in [0.1, 0.15) is 15.9 Å². The number of esters is 1. The molecule has 4 rings (SSSR count). The van der Waals surface area contributed by atoms with Crippen molar-refractivity contribution >= 4 is 16.7 Å². The Hall–Kier alpha value is -4.13. The molecular weight excluding hydrogens is 413 g/mol. The molecule has 0 fully saturated rings. The van der Waals surface area contributed by atoms with Gasteiger partial charge in [0.2, 0.25) is 0 Å². The monoisotopic (exact) mass is 433 g/mol. The van der Waals surface area contributed by atoms with Crippen LogP contribution < -0.4 is 19.8 Å². The van der Waals surface area contributed by atoms with Crippen LogP contribution in [0.15, 0.2) is 71.7 Å². The third-order valence-electron chi connectivity index (χ3n) is 5.06. The molecule has 6 nitrogen and oxygen atoms in total. The van der Waals surface area contributed by atoms with Crippen molar-refractivity contribution < 1.29 is 23.4 Å². The summed E-state index contributed by atoms with van der Waals surface area (Å²) in [5, 5.41) is 0.578. The van der Waals surface area contributed by atoms with Crippen LogP contribution in [0, 0.1) is 12.7 Å². The Bertz CT molecular complexity index is 1380. The Morgan fingerprint density at radius 3 is 2.19 bits per heavy atom. The minimum Gasteiger partial charge on any atom is -0.493 e. The van der Waals surface area contributed by atoms with Crippen LogP contribution in [-0.4, -0.2) is 24.8 Å². The summed E-state index contributed by atoms with van der Waals surface area (Å²) in [6.07, 6.45) is 1.42. The molecule has 1 heterocycles. The Morgan fingerprint density at radius 2 is 1.56 bits per heavy atom. The van der Waals surface area contributed by atoms with Crippen molar-refractivity contribution in [1.82, 2.24) is 4.57 Å². The van der Waals surface area contributed by atoms with Gasteiger partial charge in [-0.2, -0.15) is 0 Å². The highest BCUT2D eigenvalue weighted by Crippen LogP contribution is 2.33. The van der Waals surface area contributed by atoms with Crippen molar-refractivity contribution in [2.75, 3.05) is 14.2 Å². The Balaban J connectivity index is 1.96. The lowest BCUT2D eigenvalue weighted by molar-refractivity contribution is 0.0735. The van der Waals surface area contributed by atoms with E-state index in [1.165, 1.54) is 49.2 Å². The van der Waals surface area contributed by atoms with Gasteiger partial charge >= 0.3 is 5.97 Å². The first-order chi connectivity index (χ1) is 15.4. The van der Waals surface area contributed by atoms with Crippen molar-refractivity contribution in [3.63, 3.8) is 0 Å². The van der Waals surface area contributed by atoms with Crippen LogP contribution >= 0.6 is 0 Å². The van der Waals surface area contributed by atoms with E-state index in [0.717, 1.165) is 11.6 Å². The second kappa shape index (κ2) is 8.55.